The molecule has 86 heavy (non-hydrogen) atoms. The van der Waals surface area contributed by atoms with E-state index in [-0.39, 0.29) is 25.7 Å². The Morgan fingerprint density at radius 3 is 0.826 bits per heavy atom. The average molecular weight is 1270 g/mol. The molecule has 0 fully saturated rings. The molecule has 0 bridgehead atoms. The Bertz CT molecular complexity index is 1720. The van der Waals surface area contributed by atoms with Gasteiger partial charge in [-0.05, 0) is 49.4 Å². The van der Waals surface area contributed by atoms with E-state index in [0.717, 1.165) is 115 Å². The molecule has 0 rings (SSSR count). The van der Waals surface area contributed by atoms with Crippen LogP contribution in [0.25, 0.3) is 0 Å². The van der Waals surface area contributed by atoms with E-state index in [1.54, 1.807) is 0 Å². The monoisotopic (exact) mass is 1270 g/mol. The first kappa shape index (κ1) is 84.1. The molecule has 0 saturated carbocycles. The van der Waals surface area contributed by atoms with Gasteiger partial charge in [0.15, 0.2) is 12.2 Å². The number of aliphatic hydroxyl groups excluding tert-OH is 1. The molecule has 17 nitrogen and oxygen atoms in total. The SMILES string of the molecule is CCC(C)CCCCCCCCCCCCCCCCC(=O)O[C@H](COC(=O)CCCCCCCCC(C)C)COP(=O)(O)OC[C@@H](O)COP(=O)(O)OC[C@@H](COC(=O)CCCCCCCCC(C)C)OC(=O)CCCCCCCCC(C)CC. The fourth-order valence-electron chi connectivity index (χ4n) is 9.89. The van der Waals surface area contributed by atoms with E-state index < -0.39 is 97.5 Å². The van der Waals surface area contributed by atoms with E-state index in [0.29, 0.717) is 37.5 Å². The molecular formula is C67H130O17P2. The van der Waals surface area contributed by atoms with Gasteiger partial charge in [0.2, 0.25) is 0 Å². The summed E-state index contributed by atoms with van der Waals surface area (Å²) in [5.41, 5.74) is 0. The maximum atomic E-state index is 13.0. The number of carbonyl (C=O) groups is 4. The summed E-state index contributed by atoms with van der Waals surface area (Å²) in [6.07, 6.45) is 37.9. The van der Waals surface area contributed by atoms with E-state index >= 15 is 0 Å². The molecule has 0 amide bonds. The standard InChI is InChI=1S/C67H130O17P2/c1-9-59(7)45-37-29-19-17-15-13-11-12-14-16-18-20-33-41-49-66(71)83-62(53-77-64(69)47-39-31-24-21-27-35-43-57(3)4)55-81-85(73,74)79-51-61(68)52-80-86(75,76)82-56-63(54-78-65(70)48-40-32-25-22-28-36-44-58(5)6)84-67(72)50-42-34-26-23-30-38-46-60(8)10-2/h57-63,68H,9-56H2,1-8H3,(H,73,74)(H,75,76)/t59?,60?,61-,62-,63-/m1/s1. The summed E-state index contributed by atoms with van der Waals surface area (Å²) in [6.45, 7) is 14.0. The lowest BCUT2D eigenvalue weighted by Gasteiger charge is -2.21. The Labute approximate surface area is 524 Å². The van der Waals surface area contributed by atoms with Crippen LogP contribution >= 0.6 is 15.6 Å². The lowest BCUT2D eigenvalue weighted by atomic mass is 9.99. The Kier molecular flexibility index (Phi) is 55.7. The van der Waals surface area contributed by atoms with Gasteiger partial charge in [0.25, 0.3) is 0 Å². The predicted molar refractivity (Wildman–Crippen MR) is 344 cm³/mol. The van der Waals surface area contributed by atoms with Crippen LogP contribution in [0.1, 0.15) is 325 Å². The topological polar surface area (TPSA) is 237 Å². The third-order valence-corrected chi connectivity index (χ3v) is 17.9. The van der Waals surface area contributed by atoms with Gasteiger partial charge in [-0.25, -0.2) is 9.13 Å². The summed E-state index contributed by atoms with van der Waals surface area (Å²) in [4.78, 5) is 72.3. The Balaban J connectivity index is 5.19. The van der Waals surface area contributed by atoms with E-state index in [9.17, 15) is 43.2 Å². The molecule has 0 aromatic rings. The van der Waals surface area contributed by atoms with Gasteiger partial charge in [0.05, 0.1) is 26.4 Å². The minimum Gasteiger partial charge on any atom is -0.462 e. The van der Waals surface area contributed by atoms with Crippen LogP contribution < -0.4 is 0 Å². The van der Waals surface area contributed by atoms with Crippen molar-refractivity contribution >= 4 is 39.5 Å². The lowest BCUT2D eigenvalue weighted by molar-refractivity contribution is -0.161. The highest BCUT2D eigenvalue weighted by Crippen LogP contribution is 2.45. The molecule has 3 N–H and O–H groups in total. The fourth-order valence-corrected chi connectivity index (χ4v) is 11.5. The van der Waals surface area contributed by atoms with Crippen LogP contribution in [0.5, 0.6) is 0 Å². The summed E-state index contributed by atoms with van der Waals surface area (Å²) in [5.74, 6) is 0.784. The number of aliphatic hydroxyl groups is 1. The number of carbonyl (C=O) groups excluding carboxylic acids is 4. The molecule has 0 aliphatic heterocycles. The van der Waals surface area contributed by atoms with Gasteiger partial charge in [-0.1, -0.05) is 274 Å². The third-order valence-electron chi connectivity index (χ3n) is 16.0. The van der Waals surface area contributed by atoms with Gasteiger partial charge in [-0.2, -0.15) is 0 Å². The number of phosphoric acid groups is 2. The van der Waals surface area contributed by atoms with Crippen molar-refractivity contribution in [2.75, 3.05) is 39.6 Å². The average Bonchev–Trinajstić information content (AvgIpc) is 3.69. The first-order chi connectivity index (χ1) is 41.2. The highest BCUT2D eigenvalue weighted by Gasteiger charge is 2.30. The molecular weight excluding hydrogens is 1140 g/mol. The Hall–Kier alpha value is -1.94. The number of phosphoric ester groups is 2. The Morgan fingerprint density at radius 1 is 0.326 bits per heavy atom. The van der Waals surface area contributed by atoms with E-state index in [1.165, 1.54) is 116 Å². The molecule has 0 heterocycles. The van der Waals surface area contributed by atoms with Crippen LogP contribution in [-0.4, -0.2) is 96.7 Å². The van der Waals surface area contributed by atoms with Crippen molar-refractivity contribution in [3.05, 3.63) is 0 Å². The zero-order valence-electron chi connectivity index (χ0n) is 55.9. The van der Waals surface area contributed by atoms with E-state index in [4.69, 9.17) is 37.0 Å². The van der Waals surface area contributed by atoms with Crippen molar-refractivity contribution in [1.29, 1.82) is 0 Å². The maximum Gasteiger partial charge on any atom is 0.472 e. The van der Waals surface area contributed by atoms with Crippen molar-refractivity contribution in [1.82, 2.24) is 0 Å². The normalized spacial score (nSPS) is 15.0. The van der Waals surface area contributed by atoms with Crippen LogP contribution in [0.3, 0.4) is 0 Å². The van der Waals surface area contributed by atoms with Gasteiger partial charge in [0.1, 0.15) is 19.3 Å². The summed E-state index contributed by atoms with van der Waals surface area (Å²) in [6, 6.07) is 0. The van der Waals surface area contributed by atoms with Crippen LogP contribution in [-0.2, 0) is 65.4 Å². The van der Waals surface area contributed by atoms with E-state index in [2.05, 4.69) is 55.4 Å². The highest BCUT2D eigenvalue weighted by atomic mass is 31.2. The molecule has 0 spiro atoms. The number of rotatable bonds is 64. The van der Waals surface area contributed by atoms with E-state index in [1.807, 2.05) is 0 Å². The second-order valence-corrected chi connectivity index (χ2v) is 28.6. The van der Waals surface area contributed by atoms with Crippen LogP contribution in [0.15, 0.2) is 0 Å². The first-order valence-electron chi connectivity index (χ1n) is 34.8. The van der Waals surface area contributed by atoms with Crippen molar-refractivity contribution in [3.8, 4) is 0 Å². The molecule has 4 unspecified atom stereocenters. The molecule has 0 aromatic heterocycles. The smallest absolute Gasteiger partial charge is 0.462 e. The zero-order chi connectivity index (χ0) is 63.9. The molecule has 0 saturated heterocycles. The predicted octanol–water partition coefficient (Wildman–Crippen LogP) is 18.5. The van der Waals surface area contributed by atoms with Gasteiger partial charge >= 0.3 is 39.5 Å². The molecule has 19 heteroatoms. The third kappa shape index (κ3) is 58.4. The lowest BCUT2D eigenvalue weighted by Crippen LogP contribution is -2.30. The van der Waals surface area contributed by atoms with Crippen LogP contribution in [0.2, 0.25) is 0 Å². The molecule has 0 aromatic carbocycles. The van der Waals surface area contributed by atoms with Crippen molar-refractivity contribution < 1.29 is 80.2 Å². The van der Waals surface area contributed by atoms with Gasteiger partial charge in [-0.3, -0.25) is 37.3 Å². The van der Waals surface area contributed by atoms with Crippen LogP contribution in [0, 0.1) is 23.7 Å². The fraction of sp³-hybridized carbons (Fsp3) is 0.940. The van der Waals surface area contributed by atoms with Gasteiger partial charge < -0.3 is 33.8 Å². The summed E-state index contributed by atoms with van der Waals surface area (Å²) >= 11 is 0. The summed E-state index contributed by atoms with van der Waals surface area (Å²) < 4.78 is 68.0. The van der Waals surface area contributed by atoms with Crippen molar-refractivity contribution in [3.63, 3.8) is 0 Å². The second kappa shape index (κ2) is 57.0. The van der Waals surface area contributed by atoms with Crippen molar-refractivity contribution in [2.45, 2.75) is 343 Å². The van der Waals surface area contributed by atoms with Gasteiger partial charge in [-0.15, -0.1) is 0 Å². The number of hydrogen-bond donors (Lipinski definition) is 3. The van der Waals surface area contributed by atoms with Crippen LogP contribution in [0.4, 0.5) is 0 Å². The summed E-state index contributed by atoms with van der Waals surface area (Å²) in [5, 5.41) is 10.5. The molecule has 0 aliphatic carbocycles. The summed E-state index contributed by atoms with van der Waals surface area (Å²) in [7, 11) is -9.89. The number of ether oxygens (including phenoxy) is 4. The van der Waals surface area contributed by atoms with Crippen molar-refractivity contribution in [2.24, 2.45) is 23.7 Å². The zero-order valence-corrected chi connectivity index (χ0v) is 57.7. The Morgan fingerprint density at radius 2 is 0.558 bits per heavy atom. The minimum atomic E-state index is -4.95. The molecule has 7 atom stereocenters. The quantitative estimate of drug-likeness (QED) is 0.0222. The number of hydrogen-bond acceptors (Lipinski definition) is 15. The number of esters is 4. The maximum absolute atomic E-state index is 13.0. The highest BCUT2D eigenvalue weighted by molar-refractivity contribution is 7.47. The molecule has 0 radical (unpaired) electrons. The molecule has 510 valence electrons. The minimum absolute atomic E-state index is 0.101. The largest absolute Gasteiger partial charge is 0.472 e. The van der Waals surface area contributed by atoms with Gasteiger partial charge in [0, 0.05) is 25.7 Å². The number of unbranched alkanes of at least 4 members (excludes halogenated alkanes) is 28. The molecule has 0 aliphatic rings. The first-order valence-corrected chi connectivity index (χ1v) is 37.8. The second-order valence-electron chi connectivity index (χ2n) is 25.6.